The smallest absolute Gasteiger partial charge is 0.180 e. The van der Waals surface area contributed by atoms with E-state index in [1.807, 2.05) is 13.0 Å². The van der Waals surface area contributed by atoms with Crippen LogP contribution in [-0.2, 0) is 17.5 Å². The molecule has 104 valence electrons. The molecule has 0 aliphatic heterocycles. The molecule has 0 aliphatic carbocycles. The van der Waals surface area contributed by atoms with Gasteiger partial charge >= 0.3 is 0 Å². The Bertz CT molecular complexity index is 781. The van der Waals surface area contributed by atoms with Gasteiger partial charge in [-0.05, 0) is 19.1 Å². The van der Waals surface area contributed by atoms with Crippen molar-refractivity contribution in [3.63, 3.8) is 0 Å². The highest BCUT2D eigenvalue weighted by atomic mass is 35.5. The lowest BCUT2D eigenvalue weighted by atomic mass is 10.2. The molecule has 3 rings (SSSR count). The molecule has 0 radical (unpaired) electrons. The number of rotatable bonds is 4. The molecule has 20 heavy (non-hydrogen) atoms. The molecule has 0 amide bonds. The van der Waals surface area contributed by atoms with Crippen LogP contribution in [0.4, 0.5) is 5.82 Å². The fourth-order valence-electron chi connectivity index (χ4n) is 1.87. The average molecular weight is 310 g/mol. The Morgan fingerprint density at radius 1 is 1.50 bits per heavy atom. The van der Waals surface area contributed by atoms with E-state index in [0.29, 0.717) is 22.3 Å². The summed E-state index contributed by atoms with van der Waals surface area (Å²) in [5.74, 6) is 0.480. The minimum Gasteiger partial charge on any atom is -0.360 e. The number of anilines is 1. The van der Waals surface area contributed by atoms with Gasteiger partial charge in [-0.2, -0.15) is 9.90 Å². The molecule has 0 saturated carbocycles. The van der Waals surface area contributed by atoms with Crippen molar-refractivity contribution in [2.45, 2.75) is 18.4 Å². The van der Waals surface area contributed by atoms with Crippen molar-refractivity contribution in [1.82, 2.24) is 20.0 Å². The number of halogens is 1. The summed E-state index contributed by atoms with van der Waals surface area (Å²) in [6, 6.07) is 5.41. The highest BCUT2D eigenvalue weighted by molar-refractivity contribution is 7.86. The molecule has 0 aliphatic rings. The minimum atomic E-state index is -1.41. The first kappa shape index (κ1) is 13.1. The number of hydrogen-bond donors (Lipinski definition) is 2. The van der Waals surface area contributed by atoms with Gasteiger partial charge in [0.1, 0.15) is 0 Å². The van der Waals surface area contributed by atoms with Crippen LogP contribution in [-0.4, -0.2) is 24.2 Å². The Morgan fingerprint density at radius 2 is 2.35 bits per heavy atom. The fraction of sp³-hybridized carbons (Fsp3) is 0.167. The van der Waals surface area contributed by atoms with Crippen LogP contribution in [0.15, 0.2) is 35.5 Å². The predicted molar refractivity (Wildman–Crippen MR) is 79.0 cm³/mol. The van der Waals surface area contributed by atoms with Crippen molar-refractivity contribution >= 4 is 39.3 Å². The number of aromatic amines is 1. The van der Waals surface area contributed by atoms with E-state index in [-0.39, 0.29) is 0 Å². The van der Waals surface area contributed by atoms with Crippen molar-refractivity contribution in [2.75, 3.05) is 4.72 Å². The normalized spacial score (nSPS) is 12.7. The number of aryl methyl sites for hydroxylation is 1. The summed E-state index contributed by atoms with van der Waals surface area (Å²) >= 11 is 5.92. The third-order valence-corrected chi connectivity index (χ3v) is 4.19. The molecule has 6 nitrogen and oxygen atoms in total. The number of nitrogens with zero attached hydrogens (tertiary/aromatic N) is 3. The molecule has 2 aromatic heterocycles. The third-order valence-electron chi connectivity index (χ3n) is 2.82. The first-order chi connectivity index (χ1) is 9.67. The molecule has 0 spiro atoms. The van der Waals surface area contributed by atoms with E-state index < -0.39 is 11.0 Å². The van der Waals surface area contributed by atoms with Crippen molar-refractivity contribution in [3.8, 4) is 0 Å². The van der Waals surface area contributed by atoms with Crippen LogP contribution in [0.1, 0.15) is 6.92 Å². The zero-order valence-corrected chi connectivity index (χ0v) is 12.2. The number of aromatic nitrogens is 4. The van der Waals surface area contributed by atoms with E-state index in [1.54, 1.807) is 24.5 Å². The molecule has 8 heteroatoms. The largest absolute Gasteiger partial charge is 0.360 e. The van der Waals surface area contributed by atoms with Crippen LogP contribution >= 0.6 is 11.6 Å². The molecular formula is C12H12ClN5OS. The van der Waals surface area contributed by atoms with Crippen LogP contribution in [0.25, 0.3) is 10.9 Å². The van der Waals surface area contributed by atoms with E-state index in [9.17, 15) is 4.21 Å². The summed E-state index contributed by atoms with van der Waals surface area (Å²) in [4.78, 5) is 5.23. The third kappa shape index (κ3) is 2.41. The topological polar surface area (TPSA) is 75.6 Å². The Morgan fingerprint density at radius 3 is 3.10 bits per heavy atom. The van der Waals surface area contributed by atoms with E-state index in [1.165, 1.54) is 4.80 Å². The summed E-state index contributed by atoms with van der Waals surface area (Å²) < 4.78 is 15.2. The maximum absolute atomic E-state index is 12.3. The lowest BCUT2D eigenvalue weighted by Crippen LogP contribution is -2.06. The molecule has 0 bridgehead atoms. The van der Waals surface area contributed by atoms with Crippen molar-refractivity contribution in [1.29, 1.82) is 0 Å². The van der Waals surface area contributed by atoms with E-state index >= 15 is 0 Å². The van der Waals surface area contributed by atoms with Gasteiger partial charge in [-0.15, -0.1) is 5.10 Å². The number of nitrogens with one attached hydrogen (secondary N) is 2. The van der Waals surface area contributed by atoms with E-state index in [4.69, 9.17) is 11.6 Å². The zero-order chi connectivity index (χ0) is 14.1. The van der Waals surface area contributed by atoms with Crippen molar-refractivity contribution < 1.29 is 4.21 Å². The SMILES string of the molecule is CCn1ncc(NS(=O)c2c[nH]c3cc(Cl)ccc23)n1. The second-order valence-electron chi connectivity index (χ2n) is 4.13. The van der Waals surface area contributed by atoms with Gasteiger partial charge in [0.15, 0.2) is 16.8 Å². The van der Waals surface area contributed by atoms with Gasteiger partial charge in [-0.25, -0.2) is 4.21 Å². The first-order valence-electron chi connectivity index (χ1n) is 6.02. The second-order valence-corrected chi connectivity index (χ2v) is 5.75. The highest BCUT2D eigenvalue weighted by Crippen LogP contribution is 2.24. The quantitative estimate of drug-likeness (QED) is 0.777. The number of hydrogen-bond acceptors (Lipinski definition) is 3. The van der Waals surface area contributed by atoms with Gasteiger partial charge < -0.3 is 4.98 Å². The van der Waals surface area contributed by atoms with Crippen LogP contribution in [0, 0.1) is 0 Å². The van der Waals surface area contributed by atoms with Gasteiger partial charge in [0.25, 0.3) is 0 Å². The van der Waals surface area contributed by atoms with Gasteiger partial charge in [0.05, 0.1) is 17.6 Å². The average Bonchev–Trinajstić information content (AvgIpc) is 3.04. The second kappa shape index (κ2) is 5.26. The lowest BCUT2D eigenvalue weighted by Gasteiger charge is -2.01. The molecule has 0 fully saturated rings. The van der Waals surface area contributed by atoms with Crippen LogP contribution in [0.2, 0.25) is 5.02 Å². The molecule has 1 unspecified atom stereocenters. The molecular weight excluding hydrogens is 298 g/mol. The highest BCUT2D eigenvalue weighted by Gasteiger charge is 2.12. The van der Waals surface area contributed by atoms with Crippen molar-refractivity contribution in [3.05, 3.63) is 35.6 Å². The Kier molecular flexibility index (Phi) is 3.45. The summed E-state index contributed by atoms with van der Waals surface area (Å²) in [6.07, 6.45) is 3.25. The molecule has 1 atom stereocenters. The standard InChI is InChI=1S/C12H12ClN5OS/c1-2-18-15-7-12(16-18)17-20(19)11-6-14-10-5-8(13)3-4-9(10)11/h3-7,14H,2H2,1H3,(H,16,17). The summed E-state index contributed by atoms with van der Waals surface area (Å²) in [5, 5.41) is 9.67. The van der Waals surface area contributed by atoms with Crippen molar-refractivity contribution in [2.24, 2.45) is 0 Å². The minimum absolute atomic E-state index is 0.480. The lowest BCUT2D eigenvalue weighted by molar-refractivity contribution is 0.571. The van der Waals surface area contributed by atoms with Crippen LogP contribution in [0.3, 0.4) is 0 Å². The van der Waals surface area contributed by atoms with Gasteiger partial charge in [0, 0.05) is 22.1 Å². The van der Waals surface area contributed by atoms with Gasteiger partial charge in [0.2, 0.25) is 0 Å². The monoisotopic (exact) mass is 309 g/mol. The van der Waals surface area contributed by atoms with Gasteiger partial charge in [-0.1, -0.05) is 17.7 Å². The van der Waals surface area contributed by atoms with E-state index in [0.717, 1.165) is 10.9 Å². The molecule has 2 heterocycles. The van der Waals surface area contributed by atoms with Gasteiger partial charge in [-0.3, -0.25) is 4.72 Å². The molecule has 2 N–H and O–H groups in total. The van der Waals surface area contributed by atoms with E-state index in [2.05, 4.69) is 19.9 Å². The predicted octanol–water partition coefficient (Wildman–Crippen LogP) is 2.57. The van der Waals surface area contributed by atoms with Crippen LogP contribution in [0.5, 0.6) is 0 Å². The number of H-pyrrole nitrogens is 1. The summed E-state index contributed by atoms with van der Waals surface area (Å²) in [7, 11) is -1.41. The Labute approximate surface area is 122 Å². The first-order valence-corrected chi connectivity index (χ1v) is 7.55. The Balaban J connectivity index is 1.88. The fourth-order valence-corrected chi connectivity index (χ4v) is 2.98. The summed E-state index contributed by atoms with van der Waals surface area (Å²) in [6.45, 7) is 2.60. The zero-order valence-electron chi connectivity index (χ0n) is 10.6. The number of fused-ring (bicyclic) bond motifs is 1. The summed E-state index contributed by atoms with van der Waals surface area (Å²) in [5.41, 5.74) is 0.847. The molecule has 1 aromatic carbocycles. The molecule has 0 saturated heterocycles. The maximum atomic E-state index is 12.3. The number of benzene rings is 1. The Hall–Kier alpha value is -1.86. The maximum Gasteiger partial charge on any atom is 0.180 e. The van der Waals surface area contributed by atoms with Crippen LogP contribution < -0.4 is 4.72 Å². The molecule has 3 aromatic rings.